The van der Waals surface area contributed by atoms with Gasteiger partial charge >= 0.3 is 24.1 Å². The van der Waals surface area contributed by atoms with Gasteiger partial charge in [-0.1, -0.05) is 53.2 Å². The van der Waals surface area contributed by atoms with Gasteiger partial charge in [0.15, 0.2) is 27.2 Å². The lowest BCUT2D eigenvalue weighted by Crippen LogP contribution is -2.50. The summed E-state index contributed by atoms with van der Waals surface area (Å²) in [7, 11) is -8.55. The lowest BCUT2D eigenvalue weighted by atomic mass is 9.83. The number of aromatic nitrogens is 3. The van der Waals surface area contributed by atoms with Crippen LogP contribution < -0.4 is 52.7 Å². The first-order chi connectivity index (χ1) is 52.7. The number of aliphatic imine (C=N–C) groups is 2. The number of carbonyl (C=O) groups is 9. The van der Waals surface area contributed by atoms with Gasteiger partial charge in [0.1, 0.15) is 51.5 Å². The van der Waals surface area contributed by atoms with Gasteiger partial charge < -0.3 is 67.6 Å². The molecule has 2 aliphatic heterocycles. The summed E-state index contributed by atoms with van der Waals surface area (Å²) in [6.45, 7) is 35.0. The van der Waals surface area contributed by atoms with Crippen molar-refractivity contribution >= 4 is 84.9 Å². The summed E-state index contributed by atoms with van der Waals surface area (Å²) in [5, 5.41) is 38.9. The molecule has 32 nitrogen and oxygen atoms in total. The van der Waals surface area contributed by atoms with Crippen molar-refractivity contribution < 1.29 is 89.1 Å². The number of guanidine groups is 1. The van der Waals surface area contributed by atoms with Crippen molar-refractivity contribution in [2.45, 2.75) is 318 Å². The predicted molar refractivity (Wildman–Crippen MR) is 438 cm³/mol. The van der Waals surface area contributed by atoms with Crippen molar-refractivity contribution in [2.75, 3.05) is 25.4 Å². The van der Waals surface area contributed by atoms with Gasteiger partial charge in [-0.2, -0.15) is 0 Å². The molecule has 2 aromatic carbocycles. The van der Waals surface area contributed by atoms with Crippen LogP contribution in [-0.2, 0) is 88.7 Å². The second-order valence-electron chi connectivity index (χ2n) is 34.1. The van der Waals surface area contributed by atoms with Crippen molar-refractivity contribution in [1.29, 1.82) is 0 Å². The molecule has 2 aliphatic rings. The predicted octanol–water partition coefficient (Wildman–Crippen LogP) is 9.07. The normalized spacial score (nSPS) is 16.2. The highest BCUT2D eigenvalue weighted by molar-refractivity contribution is 7.92. The fraction of sp³-hybridized carbons (Fsp3) is 0.691. The van der Waals surface area contributed by atoms with Crippen LogP contribution >= 0.6 is 0 Å². The van der Waals surface area contributed by atoms with Gasteiger partial charge in [0.2, 0.25) is 17.8 Å². The summed E-state index contributed by atoms with van der Waals surface area (Å²) < 4.78 is 84.5. The molecule has 0 saturated heterocycles. The van der Waals surface area contributed by atoms with Crippen LogP contribution in [0.5, 0.6) is 11.5 Å². The molecule has 646 valence electrons. The van der Waals surface area contributed by atoms with E-state index in [1.807, 2.05) is 41.5 Å². The number of carboxylic acids is 2. The summed E-state index contributed by atoms with van der Waals surface area (Å²) in [6, 6.07) is -5.21. The first kappa shape index (κ1) is 98.6. The van der Waals surface area contributed by atoms with Gasteiger partial charge in [0.25, 0.3) is 10.0 Å². The number of amides is 4. The lowest BCUT2D eigenvalue weighted by Gasteiger charge is -2.29. The highest BCUT2D eigenvalue weighted by atomic mass is 32.2. The fourth-order valence-corrected chi connectivity index (χ4v) is 17.7. The number of nitrogens with one attached hydrogen (secondary N) is 5. The first-order valence-electron chi connectivity index (χ1n) is 39.4. The third-order valence-electron chi connectivity index (χ3n) is 20.7. The molecule has 0 saturated carbocycles. The molecule has 3 heterocycles. The van der Waals surface area contributed by atoms with Crippen molar-refractivity contribution in [3.8, 4) is 11.5 Å². The maximum Gasteiger partial charge on any atom is 0.408 e. The minimum atomic E-state index is -4.40. The maximum atomic E-state index is 15.5. The molecule has 0 fully saturated rings. The molecule has 3 aromatic rings. The van der Waals surface area contributed by atoms with Gasteiger partial charge in [-0.05, 0) is 203 Å². The van der Waals surface area contributed by atoms with Crippen LogP contribution in [-0.4, -0.2) is 179 Å². The lowest BCUT2D eigenvalue weighted by molar-refractivity contribution is -0.144. The van der Waals surface area contributed by atoms with E-state index in [9.17, 15) is 55.8 Å². The molecule has 0 spiro atoms. The number of ketones is 3. The number of benzene rings is 2. The Bertz CT molecular complexity index is 4290. The number of amidine groups is 1. The number of Topliss-reactive ketones (excluding diaryl/α,β-unsaturated/α-hetero) is 3. The summed E-state index contributed by atoms with van der Waals surface area (Å²) in [5.41, 5.74) is 21.2. The Morgan fingerprint density at radius 1 is 0.626 bits per heavy atom. The van der Waals surface area contributed by atoms with E-state index in [4.69, 9.17) is 36.1 Å². The van der Waals surface area contributed by atoms with Crippen LogP contribution in [0.25, 0.3) is 0 Å². The van der Waals surface area contributed by atoms with Crippen LogP contribution in [0.2, 0.25) is 0 Å². The van der Waals surface area contributed by atoms with Crippen molar-refractivity contribution in [3.05, 3.63) is 56.4 Å². The van der Waals surface area contributed by atoms with E-state index < -0.39 is 180 Å². The van der Waals surface area contributed by atoms with Crippen molar-refractivity contribution in [2.24, 2.45) is 56.8 Å². The summed E-state index contributed by atoms with van der Waals surface area (Å²) in [4.78, 5) is 134. The van der Waals surface area contributed by atoms with E-state index in [-0.39, 0.29) is 94.2 Å². The molecule has 0 aliphatic carbocycles. The van der Waals surface area contributed by atoms with Crippen LogP contribution in [0.4, 0.5) is 9.59 Å². The van der Waals surface area contributed by atoms with Gasteiger partial charge in [-0.15, -0.1) is 5.10 Å². The zero-order valence-electron chi connectivity index (χ0n) is 70.4. The standard InChI is InChI=1S/C80H127N13O19S2.CH4/c1-21-45(4)55(71(98)90-65(44(2)3)63(96)37-53(72(99)100)28-22-24-32-86-75(103)111-77(11,12)13)39-62(95)59(31-27-33-84-64(82)43-113(105,106)68-48(7)46(5)56-40-79(17,18)109-66(56)50(68)9)88-70(97)52(29-26-34-85-74(83)91-114(107,108)69-49(8)47(6)57-41-80(19,20)110-67(57)51(69)10)36-61(94)60(89-76(104)112-78(14,15)16)38-54-42-87-92-93(54)35-25-23-30-58(81)73(101)102;/h42,44-45,52-53,55,58-60,65H,21-41,43,81H2,1-20H3,(H2,82,84)(H,86,103)(H,88,97)(H,89,104)(H,90,98)(H,99,100)(H,101,102)(H3,83,85,91);1H4/t45?,52-,53-,55+,58+,59+,60+,65+;/m0./s1. The topological polar surface area (TPSA) is 493 Å². The molecule has 1 unspecified atom stereocenters. The second kappa shape index (κ2) is 41.9. The van der Waals surface area contributed by atoms with Crippen molar-refractivity contribution in [1.82, 2.24) is 41.0 Å². The zero-order chi connectivity index (χ0) is 86.1. The van der Waals surface area contributed by atoms with Gasteiger partial charge in [0, 0.05) is 98.8 Å². The molecule has 0 bridgehead atoms. The number of carbonyl (C=O) groups excluding carboxylic acids is 7. The molecule has 0 radical (unpaired) electrons. The monoisotopic (exact) mass is 1650 g/mol. The number of sulfone groups is 1. The Hall–Kier alpha value is -8.79. The number of alkyl carbamates (subject to hydrolysis) is 2. The van der Waals surface area contributed by atoms with E-state index in [2.05, 4.69) is 46.3 Å². The van der Waals surface area contributed by atoms with E-state index in [1.54, 1.807) is 96.9 Å². The largest absolute Gasteiger partial charge is 0.487 e. The Morgan fingerprint density at radius 3 is 1.70 bits per heavy atom. The van der Waals surface area contributed by atoms with Crippen LogP contribution in [0, 0.1) is 71.1 Å². The average Bonchev–Trinajstić information content (AvgIpc) is 1.62. The zero-order valence-corrected chi connectivity index (χ0v) is 72.1. The van der Waals surface area contributed by atoms with Crippen LogP contribution in [0.3, 0.4) is 0 Å². The highest BCUT2D eigenvalue weighted by Crippen LogP contribution is 2.46. The molecule has 34 heteroatoms. The number of carboxylic acid groups (broad SMARTS) is 2. The van der Waals surface area contributed by atoms with Gasteiger partial charge in [0.05, 0.1) is 45.7 Å². The number of hydrogen-bond donors (Lipinski definition) is 10. The van der Waals surface area contributed by atoms with E-state index in [1.165, 1.54) is 10.9 Å². The smallest absolute Gasteiger partial charge is 0.408 e. The Balaban J connectivity index is 0.0000278. The number of rotatable bonds is 44. The Labute approximate surface area is 679 Å². The number of hydrogen-bond acceptors (Lipinski definition) is 22. The third-order valence-corrected chi connectivity index (χ3v) is 24.2. The number of unbranched alkanes of at least 4 members (excludes halogenated alkanes) is 2. The molecule has 4 amide bonds. The van der Waals surface area contributed by atoms with E-state index in [0.717, 1.165) is 22.3 Å². The summed E-state index contributed by atoms with van der Waals surface area (Å²) >= 11 is 0. The maximum absolute atomic E-state index is 15.5. The second-order valence-corrected chi connectivity index (χ2v) is 37.7. The SMILES string of the molecule is C.CCC(C)[C@@H](CC(=O)[C@@H](CCCN=C(N)CS(=O)(=O)c1c(C)c(C)c2c(c1C)OC(C)(C)C2)NC(=O)[C@@H](CCCN=C(N)NS(=O)(=O)c1c(C)c(C)c2c(c1C)OC(C)(C)C2)CC(=O)[C@@H](Cc1cnnn1CCCC[C@@H](N)C(=O)O)NC(=O)OC(C)(C)C)C(=O)N[C@@H](C(=O)C[C@H](CCCCNC(=O)OC(C)(C)C)C(=O)O)C(C)C. The van der Waals surface area contributed by atoms with Gasteiger partial charge in [-0.25, -0.2) is 35.8 Å². The molecule has 13 N–H and O–H groups in total. The van der Waals surface area contributed by atoms with Gasteiger partial charge in [-0.3, -0.25) is 43.5 Å². The number of ether oxygens (including phenoxy) is 4. The number of sulfonamides is 1. The molecule has 1 aromatic heterocycles. The quantitative estimate of drug-likeness (QED) is 0.0143. The van der Waals surface area contributed by atoms with Crippen molar-refractivity contribution in [3.63, 3.8) is 0 Å². The number of aliphatic carboxylic acids is 2. The minimum absolute atomic E-state index is 0. The average molecular weight is 1660 g/mol. The number of fused-ring (bicyclic) bond motifs is 2. The van der Waals surface area contributed by atoms with E-state index in [0.29, 0.717) is 84.4 Å². The summed E-state index contributed by atoms with van der Waals surface area (Å²) in [5.74, 6) is -11.2. The number of nitrogens with two attached hydrogens (primary N) is 3. The van der Waals surface area contributed by atoms with E-state index >= 15 is 14.4 Å². The molecular weight excluding hydrogens is 1520 g/mol. The van der Waals surface area contributed by atoms with Crippen LogP contribution in [0.1, 0.15) is 244 Å². The Morgan fingerprint density at radius 2 is 1.15 bits per heavy atom. The first-order valence-corrected chi connectivity index (χ1v) is 42.5. The molecule has 115 heavy (non-hydrogen) atoms. The molecular formula is C81H131N13O19S2. The minimum Gasteiger partial charge on any atom is -0.487 e. The third kappa shape index (κ3) is 29.1. The van der Waals surface area contributed by atoms with Crippen LogP contribution in [0.15, 0.2) is 26.0 Å². The molecule has 8 atom stereocenters. The fourth-order valence-electron chi connectivity index (χ4n) is 14.4. The number of aryl methyl sites for hydroxylation is 1. The summed E-state index contributed by atoms with van der Waals surface area (Å²) in [6.07, 6.45) is 0.659. The number of nitrogens with zero attached hydrogens (tertiary/aromatic N) is 5. The molecule has 5 rings (SSSR count). The highest BCUT2D eigenvalue weighted by Gasteiger charge is 2.41. The Kier molecular flexibility index (Phi) is 35.9.